The molecule has 3 heterocycles. The lowest BCUT2D eigenvalue weighted by molar-refractivity contribution is -0.145. The molecule has 0 spiro atoms. The molecule has 2 saturated carbocycles. The van der Waals surface area contributed by atoms with Crippen LogP contribution in [0.5, 0.6) is 0 Å². The van der Waals surface area contributed by atoms with Crippen LogP contribution in [-0.2, 0) is 30.5 Å². The Morgan fingerprint density at radius 2 is 1.53 bits per heavy atom. The first-order valence-corrected chi connectivity index (χ1v) is 30.6. The van der Waals surface area contributed by atoms with Crippen LogP contribution in [0.15, 0.2) is 134 Å². The van der Waals surface area contributed by atoms with Gasteiger partial charge in [0.1, 0.15) is 23.2 Å². The predicted molar refractivity (Wildman–Crippen MR) is 334 cm³/mol. The number of alkyl halides is 1. The summed E-state index contributed by atoms with van der Waals surface area (Å²) in [5.74, 6) is 3.94. The van der Waals surface area contributed by atoms with Gasteiger partial charge in [-0.2, -0.15) is 0 Å². The summed E-state index contributed by atoms with van der Waals surface area (Å²) in [7, 11) is 0. The Balaban J connectivity index is 0.785. The number of rotatable bonds is 23. The van der Waals surface area contributed by atoms with Crippen molar-refractivity contribution in [2.24, 2.45) is 5.41 Å². The van der Waals surface area contributed by atoms with Gasteiger partial charge in [0, 0.05) is 67.5 Å². The molecule has 6 aromatic rings. The van der Waals surface area contributed by atoms with Crippen LogP contribution in [0.3, 0.4) is 0 Å². The number of hydrogen-bond acceptors (Lipinski definition) is 10. The highest BCUT2D eigenvalue weighted by molar-refractivity contribution is 8.10. The first kappa shape index (κ1) is 62.4. The normalized spacial score (nSPS) is 18.7. The highest BCUT2D eigenvalue weighted by atomic mass is 32.2. The standard InChI is InChI=1S/C68H78FN9O7S/c1-6-86-44(2)47-26-28-48(29-27-47)54(74-64(83)55-39-53(80)42-76(55)65(84)61(67(3,4)5)75-66(85)68(69)34-35-68)40-57(82)72-37-36-71-56(81)25-16-8-7-11-18-45-19-17-20-46(38-45)41-77-60(50-23-14-10-15-24-50)58(49-21-12-9-13-22-49)59-62(70)78(43-73-63(59)77)51-30-32-52(79)33-31-51/h6,9-10,12-15,17,19-24,26-29,38,43,51-55,61,70,79-80H,1-2,7-8,16,25,30-37,39-42H2,3-5H3,(H,71,81)(H,72,82)(H,74,83)(H,75,85)/t51?,52?,53-,54+,55+,61?/m1/s1. The van der Waals surface area contributed by atoms with Crippen LogP contribution in [-0.4, -0.2) is 108 Å². The summed E-state index contributed by atoms with van der Waals surface area (Å²) in [6.45, 7) is 13.6. The van der Waals surface area contributed by atoms with Crippen molar-refractivity contribution in [3.8, 4) is 34.2 Å². The van der Waals surface area contributed by atoms with E-state index in [1.165, 1.54) is 16.7 Å². The summed E-state index contributed by atoms with van der Waals surface area (Å²) in [5, 5.41) is 44.5. The lowest BCUT2D eigenvalue weighted by Gasteiger charge is -2.36. The molecule has 0 bridgehead atoms. The van der Waals surface area contributed by atoms with Crippen LogP contribution >= 0.6 is 11.8 Å². The molecule has 4 aromatic carbocycles. The number of aliphatic hydroxyl groups is 2. The molecule has 1 unspecified atom stereocenters. The van der Waals surface area contributed by atoms with Crippen molar-refractivity contribution in [2.45, 2.75) is 146 Å². The summed E-state index contributed by atoms with van der Waals surface area (Å²) < 4.78 is 19.0. The molecule has 18 heteroatoms. The fraction of sp³-hybridized carbons (Fsp3) is 0.397. The van der Waals surface area contributed by atoms with Crippen molar-refractivity contribution >= 4 is 57.2 Å². The monoisotopic (exact) mass is 1180 g/mol. The number of benzene rings is 4. The first-order chi connectivity index (χ1) is 41.3. The van der Waals surface area contributed by atoms with Crippen LogP contribution in [0.2, 0.25) is 0 Å². The van der Waals surface area contributed by atoms with E-state index in [4.69, 9.17) is 4.98 Å². The number of fused-ring (bicyclic) bond motifs is 1. The molecule has 7 N–H and O–H groups in total. The average molecular weight is 1180 g/mol. The molecule has 4 atom stereocenters. The summed E-state index contributed by atoms with van der Waals surface area (Å²) >= 11 is 1.36. The quantitative estimate of drug-likeness (QED) is 0.0239. The Morgan fingerprint density at radius 3 is 2.20 bits per heavy atom. The minimum atomic E-state index is -2.03. The van der Waals surface area contributed by atoms with E-state index in [1.807, 2.05) is 65.2 Å². The van der Waals surface area contributed by atoms with Crippen LogP contribution in [0.1, 0.15) is 132 Å². The molecule has 86 heavy (non-hydrogen) atoms. The van der Waals surface area contributed by atoms with Crippen molar-refractivity contribution in [2.75, 3.05) is 19.6 Å². The van der Waals surface area contributed by atoms with E-state index < -0.39 is 58.9 Å². The summed E-state index contributed by atoms with van der Waals surface area (Å²) in [4.78, 5) is 74.7. The number of nitrogens with zero attached hydrogens (tertiary/aromatic N) is 4. The zero-order valence-electron chi connectivity index (χ0n) is 49.2. The van der Waals surface area contributed by atoms with Crippen molar-refractivity contribution in [3.63, 3.8) is 0 Å². The maximum atomic E-state index is 14.8. The number of halogens is 1. The third kappa shape index (κ3) is 15.3. The fourth-order valence-electron chi connectivity index (χ4n) is 11.5. The van der Waals surface area contributed by atoms with Gasteiger partial charge < -0.3 is 45.5 Å². The molecular weight excluding hydrogens is 1110 g/mol. The van der Waals surface area contributed by atoms with Crippen molar-refractivity contribution < 1.29 is 38.6 Å². The number of unbranched alkanes of at least 4 members (excludes halogenated alkanes) is 2. The second kappa shape index (κ2) is 27.9. The number of hydrogen-bond donors (Lipinski definition) is 7. The van der Waals surface area contributed by atoms with Gasteiger partial charge in [-0.05, 0) is 102 Å². The molecule has 1 saturated heterocycles. The number of carbonyl (C=O) groups is 5. The van der Waals surface area contributed by atoms with E-state index in [0.717, 1.165) is 67.9 Å². The third-order valence-corrected chi connectivity index (χ3v) is 17.0. The minimum absolute atomic E-state index is 0.0646. The maximum Gasteiger partial charge on any atom is 0.258 e. The van der Waals surface area contributed by atoms with Gasteiger partial charge in [-0.3, -0.25) is 29.4 Å². The van der Waals surface area contributed by atoms with Gasteiger partial charge in [0.15, 0.2) is 5.67 Å². The third-order valence-electron chi connectivity index (χ3n) is 16.3. The van der Waals surface area contributed by atoms with E-state index in [2.05, 4.69) is 87.2 Å². The van der Waals surface area contributed by atoms with Crippen molar-refractivity contribution in [3.05, 3.63) is 162 Å². The van der Waals surface area contributed by atoms with E-state index >= 15 is 0 Å². The van der Waals surface area contributed by atoms with Gasteiger partial charge in [0.05, 0.1) is 42.1 Å². The van der Waals surface area contributed by atoms with Crippen LogP contribution < -0.4 is 26.8 Å². The Kier molecular flexibility index (Phi) is 20.3. The second-order valence-corrected chi connectivity index (χ2v) is 24.9. The zero-order chi connectivity index (χ0) is 61.1. The first-order valence-electron chi connectivity index (χ1n) is 29.8. The van der Waals surface area contributed by atoms with Gasteiger partial charge in [-0.1, -0.05) is 155 Å². The Labute approximate surface area is 506 Å². The second-order valence-electron chi connectivity index (χ2n) is 23.8. The predicted octanol–water partition coefficient (Wildman–Crippen LogP) is 9.41. The molecule has 0 radical (unpaired) electrons. The number of nitrogens with one attached hydrogen (secondary N) is 5. The number of amides is 5. The van der Waals surface area contributed by atoms with Gasteiger partial charge in [-0.15, -0.1) is 0 Å². The van der Waals surface area contributed by atoms with Gasteiger partial charge >= 0.3 is 0 Å². The Bertz CT molecular complexity index is 3580. The minimum Gasteiger partial charge on any atom is -0.393 e. The number of thioether (sulfide) groups is 1. The SMILES string of the molecule is C=CSC(=C)c1ccc([C@H](CC(=O)NCCNC(=O)CCCCC#Cc2cccc(Cn3c(-c4ccccc4)c(-c4ccccc4)c4c(=N)n(C5CCC(O)CC5)cnc43)c2)NC(=O)[C@@H]2C[C@@H](O)CN2C(=O)C(NC(=O)C2(F)CC2)C(C)(C)C)cc1. The van der Waals surface area contributed by atoms with Gasteiger partial charge in [0.2, 0.25) is 23.6 Å². The molecule has 3 aliphatic rings. The van der Waals surface area contributed by atoms with E-state index in [0.29, 0.717) is 49.7 Å². The number of aromatic nitrogens is 3. The number of β-amino-alcohol motifs (C(OH)–C–C–N with tert-alkyl or cyclic N) is 1. The molecule has 2 aliphatic carbocycles. The highest BCUT2D eigenvalue weighted by Crippen LogP contribution is 2.42. The van der Waals surface area contributed by atoms with Gasteiger partial charge in [-0.25, -0.2) is 9.37 Å². The van der Waals surface area contributed by atoms with Crippen molar-refractivity contribution in [1.29, 1.82) is 5.41 Å². The molecule has 16 nitrogen and oxygen atoms in total. The number of aliphatic hydroxyl groups excluding tert-OH is 2. The molecule has 1 aliphatic heterocycles. The fourth-order valence-corrected chi connectivity index (χ4v) is 11.9. The Morgan fingerprint density at radius 1 is 0.860 bits per heavy atom. The van der Waals surface area contributed by atoms with Crippen LogP contribution in [0, 0.1) is 22.7 Å². The molecule has 5 amide bonds. The number of carbonyl (C=O) groups excluding carboxylic acids is 5. The lowest BCUT2D eigenvalue weighted by atomic mass is 9.85. The smallest absolute Gasteiger partial charge is 0.258 e. The highest BCUT2D eigenvalue weighted by Gasteiger charge is 2.53. The maximum absolute atomic E-state index is 14.8. The summed E-state index contributed by atoms with van der Waals surface area (Å²) in [5.41, 5.74) is 5.48. The summed E-state index contributed by atoms with van der Waals surface area (Å²) in [6.07, 6.45) is 5.44. The van der Waals surface area contributed by atoms with Gasteiger partial charge in [0.25, 0.3) is 5.91 Å². The molecule has 450 valence electrons. The van der Waals surface area contributed by atoms with Crippen molar-refractivity contribution in [1.82, 2.24) is 40.3 Å². The summed E-state index contributed by atoms with van der Waals surface area (Å²) in [6, 6.07) is 32.7. The van der Waals surface area contributed by atoms with E-state index in [9.17, 15) is 44.0 Å². The zero-order valence-corrected chi connectivity index (χ0v) is 50.1. The molecular formula is C68H78FN9O7S. The molecule has 3 fully saturated rings. The van der Waals surface area contributed by atoms with E-state index in [1.54, 1.807) is 44.6 Å². The molecule has 9 rings (SSSR count). The molecule has 2 aromatic heterocycles. The average Bonchev–Trinajstić information content (AvgIpc) is 1.60. The van der Waals surface area contributed by atoms with E-state index in [-0.39, 0.29) is 69.8 Å². The van der Waals surface area contributed by atoms with Crippen LogP contribution in [0.4, 0.5) is 4.39 Å². The Hall–Kier alpha value is -8.11. The van der Waals surface area contributed by atoms with Crippen LogP contribution in [0.25, 0.3) is 38.3 Å². The topological polar surface area (TPSA) is 224 Å². The largest absolute Gasteiger partial charge is 0.393 e. The lowest BCUT2D eigenvalue weighted by Crippen LogP contribution is -2.59. The number of likely N-dealkylation sites (tertiary alicyclic amines) is 1.